The van der Waals surface area contributed by atoms with Crippen LogP contribution in [0, 0.1) is 0 Å². The second kappa shape index (κ2) is 12.6. The molecule has 0 saturated heterocycles. The highest BCUT2D eigenvalue weighted by Crippen LogP contribution is 2.32. The van der Waals surface area contributed by atoms with Gasteiger partial charge in [0.25, 0.3) is 0 Å². The largest absolute Gasteiger partial charge is 0.494 e. The molecule has 1 heterocycles. The Bertz CT molecular complexity index is 965. The number of nitrogens with zero attached hydrogens (tertiary/aromatic N) is 3. The van der Waals surface area contributed by atoms with Crippen molar-refractivity contribution in [3.05, 3.63) is 47.5 Å². The normalized spacial score (nSPS) is 12.4. The minimum absolute atomic E-state index is 0.505. The molecule has 1 atom stereocenters. The first kappa shape index (κ1) is 24.2. The molecule has 0 radical (unpaired) electrons. The van der Waals surface area contributed by atoms with Crippen LogP contribution in [0.5, 0.6) is 5.75 Å². The van der Waals surface area contributed by atoms with Gasteiger partial charge in [0.05, 0.1) is 12.3 Å². The molecule has 1 aromatic heterocycles. The first-order valence-electron chi connectivity index (χ1n) is 12.5. The van der Waals surface area contributed by atoms with Crippen LogP contribution in [0.15, 0.2) is 36.4 Å². The van der Waals surface area contributed by atoms with E-state index in [1.807, 2.05) is 17.8 Å². The van der Waals surface area contributed by atoms with Crippen LogP contribution in [-0.2, 0) is 6.42 Å². The molecule has 5 nitrogen and oxygen atoms in total. The number of benzene rings is 2. The van der Waals surface area contributed by atoms with Gasteiger partial charge in [-0.15, -0.1) is 10.2 Å². The lowest BCUT2D eigenvalue weighted by atomic mass is 9.88. The van der Waals surface area contributed by atoms with Gasteiger partial charge in [-0.3, -0.25) is 0 Å². The number of hydrogen-bond acceptors (Lipinski definition) is 4. The molecule has 0 aliphatic carbocycles. The highest BCUT2D eigenvalue weighted by atomic mass is 16.5. The number of nitrogens with two attached hydrogens (primary N) is 1. The lowest BCUT2D eigenvalue weighted by molar-refractivity contribution is 0.340. The Balaban J connectivity index is 2.02. The molecule has 2 aromatic carbocycles. The smallest absolute Gasteiger partial charge is 0.121 e. The summed E-state index contributed by atoms with van der Waals surface area (Å²) in [5.41, 5.74) is 11.3. The van der Waals surface area contributed by atoms with Gasteiger partial charge in [-0.1, -0.05) is 57.7 Å². The maximum atomic E-state index is 5.82. The highest BCUT2D eigenvalue weighted by Gasteiger charge is 2.18. The van der Waals surface area contributed by atoms with E-state index in [2.05, 4.69) is 44.2 Å². The second-order valence-electron chi connectivity index (χ2n) is 8.66. The van der Waals surface area contributed by atoms with E-state index in [9.17, 15) is 0 Å². The summed E-state index contributed by atoms with van der Waals surface area (Å²) < 4.78 is 5.82. The highest BCUT2D eigenvalue weighted by molar-refractivity contribution is 5.80. The van der Waals surface area contributed by atoms with E-state index in [-0.39, 0.29) is 0 Å². The Morgan fingerprint density at radius 1 is 0.938 bits per heavy atom. The maximum Gasteiger partial charge on any atom is 0.121 e. The van der Waals surface area contributed by atoms with Gasteiger partial charge >= 0.3 is 0 Å². The third-order valence-corrected chi connectivity index (χ3v) is 6.16. The van der Waals surface area contributed by atoms with Crippen molar-refractivity contribution in [2.24, 2.45) is 5.73 Å². The maximum absolute atomic E-state index is 5.82. The summed E-state index contributed by atoms with van der Waals surface area (Å²) in [5.74, 6) is 1.39. The number of aromatic nitrogens is 3. The Morgan fingerprint density at radius 3 is 2.47 bits per heavy atom. The van der Waals surface area contributed by atoms with Crippen LogP contribution in [0.1, 0.15) is 89.2 Å². The number of aryl methyl sites for hydroxylation is 1. The molecule has 0 bridgehead atoms. The molecule has 3 rings (SSSR count). The standard InChI is InChI=1S/C27H40N4O/c1-4-7-13-21(15-11-12-18-28)24-16-9-10-17-26(24)31-29-25-20-23(32-6-3)19-22(14-8-5-2)27(25)30-31/h9-10,16-17,19-21H,4-8,11-15,18,28H2,1-3H3. The summed E-state index contributed by atoms with van der Waals surface area (Å²) in [6.45, 7) is 7.91. The lowest BCUT2D eigenvalue weighted by Crippen LogP contribution is -2.09. The van der Waals surface area contributed by atoms with Gasteiger partial charge in [0, 0.05) is 6.07 Å². The topological polar surface area (TPSA) is 66.0 Å². The van der Waals surface area contributed by atoms with E-state index >= 15 is 0 Å². The monoisotopic (exact) mass is 436 g/mol. The van der Waals surface area contributed by atoms with Crippen molar-refractivity contribution >= 4 is 11.0 Å². The van der Waals surface area contributed by atoms with E-state index < -0.39 is 0 Å². The van der Waals surface area contributed by atoms with Gasteiger partial charge < -0.3 is 10.5 Å². The van der Waals surface area contributed by atoms with E-state index in [0.717, 1.165) is 67.5 Å². The van der Waals surface area contributed by atoms with Crippen molar-refractivity contribution in [1.29, 1.82) is 0 Å². The summed E-state index contributed by atoms with van der Waals surface area (Å²) in [7, 11) is 0. The fraction of sp³-hybridized carbons (Fsp3) is 0.556. The summed E-state index contributed by atoms with van der Waals surface area (Å²) in [6, 6.07) is 12.8. The summed E-state index contributed by atoms with van der Waals surface area (Å²) in [6.07, 6.45) is 10.3. The van der Waals surface area contributed by atoms with E-state index in [1.54, 1.807) is 0 Å². The van der Waals surface area contributed by atoms with Crippen LogP contribution < -0.4 is 10.5 Å². The zero-order valence-corrected chi connectivity index (χ0v) is 20.1. The van der Waals surface area contributed by atoms with Crippen LogP contribution in [0.25, 0.3) is 16.7 Å². The fourth-order valence-electron chi connectivity index (χ4n) is 4.43. The number of unbranched alkanes of at least 4 members (excludes halogenated alkanes) is 3. The Hall–Kier alpha value is -2.40. The van der Waals surface area contributed by atoms with E-state index in [4.69, 9.17) is 20.7 Å². The Morgan fingerprint density at radius 2 is 1.72 bits per heavy atom. The zero-order valence-electron chi connectivity index (χ0n) is 20.1. The van der Waals surface area contributed by atoms with Gasteiger partial charge in [-0.25, -0.2) is 0 Å². The summed E-state index contributed by atoms with van der Waals surface area (Å²) in [5, 5.41) is 9.91. The molecule has 1 unspecified atom stereocenters. The molecule has 174 valence electrons. The van der Waals surface area contributed by atoms with Gasteiger partial charge in [-0.05, 0) is 74.8 Å². The van der Waals surface area contributed by atoms with Crippen molar-refractivity contribution in [3.63, 3.8) is 0 Å². The van der Waals surface area contributed by atoms with Crippen molar-refractivity contribution < 1.29 is 4.74 Å². The minimum Gasteiger partial charge on any atom is -0.494 e. The summed E-state index contributed by atoms with van der Waals surface area (Å²) in [4.78, 5) is 1.85. The average Bonchev–Trinajstić information content (AvgIpc) is 3.24. The SMILES string of the molecule is CCCCc1cc(OCC)cc2nn(-c3ccccc3C(CCCC)CCCCN)nc12. The molecule has 3 aromatic rings. The lowest BCUT2D eigenvalue weighted by Gasteiger charge is -2.20. The Kier molecular flexibility index (Phi) is 9.54. The number of rotatable bonds is 14. The molecule has 0 aliphatic heterocycles. The molecular weight excluding hydrogens is 396 g/mol. The minimum atomic E-state index is 0.505. The van der Waals surface area contributed by atoms with E-state index in [1.165, 1.54) is 30.4 Å². The number of hydrogen-bond donors (Lipinski definition) is 1. The molecule has 0 amide bonds. The van der Waals surface area contributed by atoms with Crippen LogP contribution in [0.3, 0.4) is 0 Å². The first-order chi connectivity index (χ1) is 15.7. The molecule has 5 heteroatoms. The number of fused-ring (bicyclic) bond motifs is 1. The fourth-order valence-corrected chi connectivity index (χ4v) is 4.43. The van der Waals surface area contributed by atoms with Crippen molar-refractivity contribution in [2.45, 2.75) is 84.5 Å². The summed E-state index contributed by atoms with van der Waals surface area (Å²) >= 11 is 0. The molecule has 0 saturated carbocycles. The van der Waals surface area contributed by atoms with Crippen LogP contribution >= 0.6 is 0 Å². The quantitative estimate of drug-likeness (QED) is 0.290. The predicted octanol–water partition coefficient (Wildman–Crippen LogP) is 6.56. The number of ether oxygens (including phenoxy) is 1. The van der Waals surface area contributed by atoms with Crippen molar-refractivity contribution in [3.8, 4) is 11.4 Å². The molecule has 2 N–H and O–H groups in total. The van der Waals surface area contributed by atoms with Crippen molar-refractivity contribution in [1.82, 2.24) is 15.0 Å². The predicted molar refractivity (Wildman–Crippen MR) is 134 cm³/mol. The zero-order chi connectivity index (χ0) is 22.8. The third-order valence-electron chi connectivity index (χ3n) is 6.16. The van der Waals surface area contributed by atoms with Crippen LogP contribution in [-0.4, -0.2) is 28.1 Å². The van der Waals surface area contributed by atoms with Gasteiger partial charge in [0.15, 0.2) is 0 Å². The average molecular weight is 437 g/mol. The third kappa shape index (κ3) is 6.10. The van der Waals surface area contributed by atoms with Crippen LogP contribution in [0.2, 0.25) is 0 Å². The van der Waals surface area contributed by atoms with Crippen molar-refractivity contribution in [2.75, 3.05) is 13.2 Å². The van der Waals surface area contributed by atoms with Gasteiger partial charge in [0.2, 0.25) is 0 Å². The molecular formula is C27H40N4O. The molecule has 0 aliphatic rings. The second-order valence-corrected chi connectivity index (χ2v) is 8.66. The van der Waals surface area contributed by atoms with E-state index in [0.29, 0.717) is 12.5 Å². The molecule has 0 spiro atoms. The van der Waals surface area contributed by atoms with Gasteiger partial charge in [-0.2, -0.15) is 4.80 Å². The molecule has 0 fully saturated rings. The van der Waals surface area contributed by atoms with Crippen LogP contribution in [0.4, 0.5) is 0 Å². The van der Waals surface area contributed by atoms with Gasteiger partial charge in [0.1, 0.15) is 16.8 Å². The molecule has 32 heavy (non-hydrogen) atoms. The number of para-hydroxylation sites is 1. The first-order valence-corrected chi connectivity index (χ1v) is 12.5. The Labute approximate surface area is 193 Å².